The zero-order valence-electron chi connectivity index (χ0n) is 20.1. The number of carbonyl (C=O) groups excluding carboxylic acids is 3. The lowest BCUT2D eigenvalue weighted by molar-refractivity contribution is -0.147. The summed E-state index contributed by atoms with van der Waals surface area (Å²) in [6, 6.07) is 5.41. The lowest BCUT2D eigenvalue weighted by Gasteiger charge is -2.26. The van der Waals surface area contributed by atoms with Gasteiger partial charge in [-0.25, -0.2) is 0 Å². The number of nitrogens with one attached hydrogen (secondary N) is 2. The summed E-state index contributed by atoms with van der Waals surface area (Å²) in [5.41, 5.74) is 2.50. The Morgan fingerprint density at radius 2 is 1.77 bits per heavy atom. The number of aryl methyl sites for hydroxylation is 1. The van der Waals surface area contributed by atoms with Gasteiger partial charge in [0.2, 0.25) is 5.91 Å². The number of hydrogen-bond acceptors (Lipinski definition) is 6. The number of hydrogen-bond donors (Lipinski definition) is 2. The molecule has 2 aromatic rings. The minimum atomic E-state index is -0.202. The van der Waals surface area contributed by atoms with Crippen molar-refractivity contribution < 1.29 is 23.9 Å². The Morgan fingerprint density at radius 1 is 1.06 bits per heavy atom. The number of thiophene rings is 1. The van der Waals surface area contributed by atoms with E-state index in [0.717, 1.165) is 36.8 Å². The molecular weight excluding hydrogens is 488 g/mol. The van der Waals surface area contributed by atoms with Crippen LogP contribution in [0.25, 0.3) is 0 Å². The van der Waals surface area contributed by atoms with Gasteiger partial charge in [0.05, 0.1) is 30.7 Å². The predicted molar refractivity (Wildman–Crippen MR) is 136 cm³/mol. The van der Waals surface area contributed by atoms with Gasteiger partial charge in [0.1, 0.15) is 10.8 Å². The molecule has 0 spiro atoms. The number of ether oxygens (including phenoxy) is 2. The number of benzene rings is 1. The van der Waals surface area contributed by atoms with E-state index in [0.29, 0.717) is 53.6 Å². The summed E-state index contributed by atoms with van der Waals surface area (Å²) < 4.78 is 10.0. The van der Waals surface area contributed by atoms with Crippen LogP contribution in [0.15, 0.2) is 18.2 Å². The third-order valence-electron chi connectivity index (χ3n) is 6.94. The van der Waals surface area contributed by atoms with Gasteiger partial charge in [0.25, 0.3) is 5.91 Å². The first-order valence-electron chi connectivity index (χ1n) is 12.0. The van der Waals surface area contributed by atoms with Gasteiger partial charge in [-0.15, -0.1) is 11.3 Å². The molecule has 0 aliphatic heterocycles. The van der Waals surface area contributed by atoms with Crippen LogP contribution < -0.4 is 15.4 Å². The van der Waals surface area contributed by atoms with E-state index in [4.69, 9.17) is 21.1 Å². The molecule has 1 saturated carbocycles. The Hall–Kier alpha value is -2.58. The summed E-state index contributed by atoms with van der Waals surface area (Å²) in [7, 11) is 2.96. The number of rotatable bonds is 7. The molecule has 1 aromatic heterocycles. The van der Waals surface area contributed by atoms with E-state index in [2.05, 4.69) is 10.6 Å². The third-order valence-corrected chi connectivity index (χ3v) is 8.44. The molecule has 1 fully saturated rings. The molecule has 0 unspecified atom stereocenters. The highest BCUT2D eigenvalue weighted by Gasteiger charge is 2.32. The largest absolute Gasteiger partial charge is 0.495 e. The molecule has 0 saturated heterocycles. The van der Waals surface area contributed by atoms with Crippen molar-refractivity contribution in [2.75, 3.05) is 19.5 Å². The van der Waals surface area contributed by atoms with E-state index in [1.807, 2.05) is 6.07 Å². The molecule has 4 rings (SSSR count). The first kappa shape index (κ1) is 25.5. The summed E-state index contributed by atoms with van der Waals surface area (Å²) in [6.45, 7) is 0.318. The molecule has 0 radical (unpaired) electrons. The fraction of sp³-hybridized carbons (Fsp3) is 0.500. The first-order chi connectivity index (χ1) is 16.9. The Labute approximate surface area is 214 Å². The number of fused-ring (bicyclic) bond motifs is 1. The third kappa shape index (κ3) is 5.81. The number of carbonyl (C=O) groups is 3. The molecule has 2 aliphatic carbocycles. The van der Waals surface area contributed by atoms with Crippen molar-refractivity contribution in [3.63, 3.8) is 0 Å². The van der Waals surface area contributed by atoms with Crippen LogP contribution >= 0.6 is 22.9 Å². The lowest BCUT2D eigenvalue weighted by atomic mass is 9.81. The summed E-state index contributed by atoms with van der Waals surface area (Å²) in [4.78, 5) is 39.4. The molecule has 188 valence electrons. The average Bonchev–Trinajstić information content (AvgIpc) is 3.24. The van der Waals surface area contributed by atoms with Crippen molar-refractivity contribution >= 4 is 45.7 Å². The second kappa shape index (κ2) is 11.4. The number of esters is 1. The highest BCUT2D eigenvalue weighted by molar-refractivity contribution is 7.17. The van der Waals surface area contributed by atoms with Gasteiger partial charge in [-0.1, -0.05) is 17.7 Å². The predicted octanol–water partition coefficient (Wildman–Crippen LogP) is 5.14. The quantitative estimate of drug-likeness (QED) is 0.495. The number of anilines is 1. The molecular formula is C26H31ClN2O5S. The summed E-state index contributed by atoms with van der Waals surface area (Å²) in [5.74, 6) is -0.201. The maximum Gasteiger partial charge on any atom is 0.308 e. The summed E-state index contributed by atoms with van der Waals surface area (Å²) >= 11 is 7.74. The minimum Gasteiger partial charge on any atom is -0.495 e. The Kier molecular flexibility index (Phi) is 8.34. The Balaban J connectivity index is 1.46. The van der Waals surface area contributed by atoms with Crippen LogP contribution in [0.2, 0.25) is 5.02 Å². The summed E-state index contributed by atoms with van der Waals surface area (Å²) in [6.07, 6.45) is 6.43. The van der Waals surface area contributed by atoms with E-state index in [9.17, 15) is 14.4 Å². The van der Waals surface area contributed by atoms with Crippen LogP contribution in [-0.4, -0.2) is 32.0 Å². The van der Waals surface area contributed by atoms with Crippen LogP contribution in [0, 0.1) is 11.8 Å². The second-order valence-corrected chi connectivity index (χ2v) is 10.6. The molecule has 0 bridgehead atoms. The molecule has 2 amide bonds. The van der Waals surface area contributed by atoms with Crippen molar-refractivity contribution in [1.82, 2.24) is 5.32 Å². The van der Waals surface area contributed by atoms with Crippen LogP contribution in [0.3, 0.4) is 0 Å². The standard InChI is InChI=1S/C26H31ClN2O5S/c1-33-20-12-7-15(13-19(20)27)14-28-24(31)22-18-5-3-4-6-21(18)35-25(22)29-23(30)16-8-10-17(11-9-16)26(32)34-2/h7,12-13,16-17H,3-6,8-11,14H2,1-2H3,(H,28,31)(H,29,30). The highest BCUT2D eigenvalue weighted by atomic mass is 35.5. The monoisotopic (exact) mass is 518 g/mol. The number of methoxy groups -OCH3 is 2. The van der Waals surface area contributed by atoms with Crippen LogP contribution in [0.4, 0.5) is 5.00 Å². The van der Waals surface area contributed by atoms with Crippen molar-refractivity contribution in [1.29, 1.82) is 0 Å². The molecule has 2 aliphatic rings. The van der Waals surface area contributed by atoms with Crippen molar-refractivity contribution in [3.8, 4) is 5.75 Å². The van der Waals surface area contributed by atoms with Crippen LogP contribution in [0.1, 0.15) is 64.9 Å². The van der Waals surface area contributed by atoms with Gasteiger partial charge in [0.15, 0.2) is 0 Å². The smallest absolute Gasteiger partial charge is 0.308 e. The summed E-state index contributed by atoms with van der Waals surface area (Å²) in [5, 5.41) is 7.18. The maximum absolute atomic E-state index is 13.3. The van der Waals surface area contributed by atoms with Gasteiger partial charge in [-0.2, -0.15) is 0 Å². The second-order valence-electron chi connectivity index (χ2n) is 9.13. The van der Waals surface area contributed by atoms with Crippen molar-refractivity contribution in [2.45, 2.75) is 57.9 Å². The molecule has 9 heteroatoms. The molecule has 0 atom stereocenters. The van der Waals surface area contributed by atoms with Crippen molar-refractivity contribution in [3.05, 3.63) is 44.8 Å². The minimum absolute atomic E-state index is 0.0806. The maximum atomic E-state index is 13.3. The van der Waals surface area contributed by atoms with E-state index < -0.39 is 0 Å². The topological polar surface area (TPSA) is 93.7 Å². The van der Waals surface area contributed by atoms with E-state index >= 15 is 0 Å². The first-order valence-corrected chi connectivity index (χ1v) is 13.2. The normalized spacial score (nSPS) is 19.4. The zero-order chi connectivity index (χ0) is 24.9. The SMILES string of the molecule is COC(=O)C1CCC(C(=O)Nc2sc3c(c2C(=O)NCc2ccc(OC)c(Cl)c2)CCCC3)CC1. The molecule has 1 heterocycles. The van der Waals surface area contributed by atoms with Gasteiger partial charge in [-0.3, -0.25) is 14.4 Å². The lowest BCUT2D eigenvalue weighted by Crippen LogP contribution is -2.31. The van der Waals surface area contributed by atoms with Gasteiger partial charge in [0, 0.05) is 17.3 Å². The Bertz CT molecular complexity index is 1110. The van der Waals surface area contributed by atoms with Crippen LogP contribution in [0.5, 0.6) is 5.75 Å². The molecule has 2 N–H and O–H groups in total. The zero-order valence-corrected chi connectivity index (χ0v) is 21.7. The van der Waals surface area contributed by atoms with Crippen molar-refractivity contribution in [2.24, 2.45) is 11.8 Å². The average molecular weight is 519 g/mol. The fourth-order valence-electron chi connectivity index (χ4n) is 4.96. The molecule has 35 heavy (non-hydrogen) atoms. The van der Waals surface area contributed by atoms with Gasteiger partial charge in [-0.05, 0) is 74.6 Å². The van der Waals surface area contributed by atoms with Crippen LogP contribution in [-0.2, 0) is 33.7 Å². The van der Waals surface area contributed by atoms with E-state index in [-0.39, 0.29) is 29.6 Å². The highest BCUT2D eigenvalue weighted by Crippen LogP contribution is 2.39. The Morgan fingerprint density at radius 3 is 2.46 bits per heavy atom. The molecule has 1 aromatic carbocycles. The van der Waals surface area contributed by atoms with Gasteiger partial charge >= 0.3 is 5.97 Å². The van der Waals surface area contributed by atoms with E-state index in [1.54, 1.807) is 19.2 Å². The number of amides is 2. The van der Waals surface area contributed by atoms with E-state index in [1.165, 1.54) is 23.3 Å². The van der Waals surface area contributed by atoms with Gasteiger partial charge < -0.3 is 20.1 Å². The fourth-order valence-corrected chi connectivity index (χ4v) is 6.53. The number of halogens is 1. The molecule has 7 nitrogen and oxygen atoms in total.